The van der Waals surface area contributed by atoms with E-state index in [1.165, 1.54) is 38.4 Å². The quantitative estimate of drug-likeness (QED) is 0.218. The Morgan fingerprint density at radius 3 is 2.71 bits per heavy atom. The van der Waals surface area contributed by atoms with E-state index in [1.54, 1.807) is 6.92 Å². The third-order valence-electron chi connectivity index (χ3n) is 3.57. The highest BCUT2D eigenvalue weighted by Crippen LogP contribution is 2.14. The molecule has 0 saturated carbocycles. The number of ether oxygens (including phenoxy) is 1. The first kappa shape index (κ1) is 22.7. The van der Waals surface area contributed by atoms with Gasteiger partial charge in [-0.3, -0.25) is 20.6 Å². The lowest BCUT2D eigenvalue weighted by Gasteiger charge is -2.25. The Bertz CT molecular complexity index is 781. The molecule has 5 N–H and O–H groups in total. The molecule has 0 fully saturated rings. The number of rotatable bonds is 9. The average molecular weight is 395 g/mol. The number of halogens is 2. The molecular formula is C17H23F2N7O2. The summed E-state index contributed by atoms with van der Waals surface area (Å²) in [6.45, 7) is 3.40. The van der Waals surface area contributed by atoms with Gasteiger partial charge in [0.25, 0.3) is 12.3 Å². The van der Waals surface area contributed by atoms with Crippen LogP contribution in [0.1, 0.15) is 19.5 Å². The van der Waals surface area contributed by atoms with Gasteiger partial charge in [-0.05, 0) is 26.0 Å². The van der Waals surface area contributed by atoms with Crippen LogP contribution in [0.4, 0.5) is 14.6 Å². The van der Waals surface area contributed by atoms with Crippen molar-refractivity contribution in [2.75, 3.05) is 19.0 Å². The van der Waals surface area contributed by atoms with Gasteiger partial charge in [-0.2, -0.15) is 0 Å². The molecule has 1 rings (SSSR count). The second kappa shape index (κ2) is 10.7. The first-order chi connectivity index (χ1) is 13.3. The van der Waals surface area contributed by atoms with Crippen molar-refractivity contribution in [1.82, 2.24) is 9.88 Å². The minimum Gasteiger partial charge on any atom is -0.482 e. The summed E-state index contributed by atoms with van der Waals surface area (Å²) in [4.78, 5) is 21.2. The van der Waals surface area contributed by atoms with Crippen LogP contribution in [0.5, 0.6) is 0 Å². The molecule has 1 amide bonds. The van der Waals surface area contributed by atoms with Gasteiger partial charge in [0.15, 0.2) is 11.7 Å². The molecule has 0 aromatic carbocycles. The number of amidine groups is 1. The molecule has 1 heterocycles. The fourth-order valence-corrected chi connectivity index (χ4v) is 1.99. The van der Waals surface area contributed by atoms with Crippen LogP contribution in [0.3, 0.4) is 0 Å². The van der Waals surface area contributed by atoms with Crippen LogP contribution in [0.15, 0.2) is 34.6 Å². The summed E-state index contributed by atoms with van der Waals surface area (Å²) in [5.74, 6) is -1.12. The van der Waals surface area contributed by atoms with Gasteiger partial charge in [0.05, 0.1) is 19.5 Å². The highest BCUT2D eigenvalue weighted by molar-refractivity contribution is 6.18. The number of pyridine rings is 1. The van der Waals surface area contributed by atoms with E-state index in [9.17, 15) is 13.6 Å². The normalized spacial score (nSPS) is 13.1. The Morgan fingerprint density at radius 1 is 1.50 bits per heavy atom. The summed E-state index contributed by atoms with van der Waals surface area (Å²) in [6, 6.07) is 2.97. The number of aliphatic imine (C=N–C) groups is 1. The molecule has 0 aliphatic rings. The zero-order chi connectivity index (χ0) is 21.3. The maximum absolute atomic E-state index is 12.9. The van der Waals surface area contributed by atoms with Crippen molar-refractivity contribution < 1.29 is 18.3 Å². The number of nitrogens with two attached hydrogens (primary N) is 1. The van der Waals surface area contributed by atoms with E-state index >= 15 is 0 Å². The van der Waals surface area contributed by atoms with E-state index in [1.807, 2.05) is 0 Å². The molecule has 0 saturated heterocycles. The zero-order valence-electron chi connectivity index (χ0n) is 15.7. The average Bonchev–Trinajstić information content (AvgIpc) is 2.68. The Kier molecular flexibility index (Phi) is 8.66. The summed E-state index contributed by atoms with van der Waals surface area (Å²) >= 11 is 0. The number of carbonyl (C=O) groups excluding carboxylic acids is 1. The van der Waals surface area contributed by atoms with E-state index in [-0.39, 0.29) is 23.0 Å². The van der Waals surface area contributed by atoms with Crippen molar-refractivity contribution in [3.8, 4) is 0 Å². The Hall–Kier alpha value is -3.37. The van der Waals surface area contributed by atoms with Crippen LogP contribution in [-0.4, -0.2) is 60.3 Å². The fraction of sp³-hybridized carbons (Fsp3) is 0.353. The first-order valence-electron chi connectivity index (χ1n) is 8.24. The standard InChI is InChI=1S/C17H23F2N7O2/c1-4-23-8-11(16(22)28-3)17(27)25-13-7-5-6-12(24-13)15(21)26(9-20)10(2)14(18)19/h5-10,14,20-21H,4,22H2,1-3H3,(H,24,25,27). The highest BCUT2D eigenvalue weighted by Gasteiger charge is 2.25. The molecule has 11 heteroatoms. The Balaban J connectivity index is 3.10. The number of carbonyl (C=O) groups is 1. The van der Waals surface area contributed by atoms with Crippen molar-refractivity contribution in [1.29, 1.82) is 10.8 Å². The third kappa shape index (κ3) is 5.83. The summed E-state index contributed by atoms with van der Waals surface area (Å²) < 4.78 is 30.7. The molecule has 9 nitrogen and oxygen atoms in total. The lowest BCUT2D eigenvalue weighted by atomic mass is 10.2. The Labute approximate surface area is 161 Å². The summed E-state index contributed by atoms with van der Waals surface area (Å²) in [5.41, 5.74) is 5.64. The van der Waals surface area contributed by atoms with Crippen molar-refractivity contribution in [3.63, 3.8) is 0 Å². The number of anilines is 1. The van der Waals surface area contributed by atoms with Gasteiger partial charge >= 0.3 is 0 Å². The largest absolute Gasteiger partial charge is 0.482 e. The molecule has 0 spiro atoms. The van der Waals surface area contributed by atoms with Crippen molar-refractivity contribution in [3.05, 3.63) is 35.3 Å². The second-order valence-corrected chi connectivity index (χ2v) is 5.43. The molecule has 0 radical (unpaired) electrons. The van der Waals surface area contributed by atoms with E-state index in [2.05, 4.69) is 15.3 Å². The van der Waals surface area contributed by atoms with E-state index < -0.39 is 24.2 Å². The number of nitrogens with zero attached hydrogens (tertiary/aromatic N) is 3. The van der Waals surface area contributed by atoms with E-state index in [0.29, 0.717) is 12.9 Å². The van der Waals surface area contributed by atoms with Crippen molar-refractivity contribution in [2.24, 2.45) is 10.7 Å². The van der Waals surface area contributed by atoms with Gasteiger partial charge in [-0.25, -0.2) is 13.8 Å². The minimum atomic E-state index is -2.76. The molecule has 152 valence electrons. The van der Waals surface area contributed by atoms with E-state index in [0.717, 1.165) is 4.90 Å². The molecule has 1 atom stereocenters. The predicted octanol–water partition coefficient (Wildman–Crippen LogP) is 1.82. The lowest BCUT2D eigenvalue weighted by molar-refractivity contribution is -0.112. The first-order valence-corrected chi connectivity index (χ1v) is 8.24. The second-order valence-electron chi connectivity index (χ2n) is 5.43. The number of nitrogens with one attached hydrogen (secondary N) is 3. The van der Waals surface area contributed by atoms with Crippen molar-refractivity contribution >= 4 is 30.1 Å². The summed E-state index contributed by atoms with van der Waals surface area (Å²) in [6.07, 6.45) is -0.860. The Morgan fingerprint density at radius 2 is 2.18 bits per heavy atom. The maximum Gasteiger partial charge on any atom is 0.263 e. The molecule has 1 aromatic heterocycles. The maximum atomic E-state index is 12.9. The zero-order valence-corrected chi connectivity index (χ0v) is 15.7. The summed E-state index contributed by atoms with van der Waals surface area (Å²) in [5, 5.41) is 17.8. The number of amides is 1. The molecule has 0 aliphatic carbocycles. The van der Waals surface area contributed by atoms with Crippen LogP contribution < -0.4 is 11.1 Å². The van der Waals surface area contributed by atoms with Crippen LogP contribution in [-0.2, 0) is 9.53 Å². The number of hydrogen-bond acceptors (Lipinski definition) is 7. The smallest absolute Gasteiger partial charge is 0.263 e. The SMILES string of the molecule is CCN=CC(C(=O)Nc1cccc(C(=N)N(C=N)C(C)C(F)F)n1)=C(N)OC. The van der Waals surface area contributed by atoms with Gasteiger partial charge in [0.1, 0.15) is 17.1 Å². The van der Waals surface area contributed by atoms with Crippen LogP contribution in [0, 0.1) is 10.8 Å². The van der Waals surface area contributed by atoms with Crippen LogP contribution >= 0.6 is 0 Å². The predicted molar refractivity (Wildman–Crippen MR) is 103 cm³/mol. The van der Waals surface area contributed by atoms with Gasteiger partial charge in [0, 0.05) is 12.8 Å². The number of methoxy groups -OCH3 is 1. The molecule has 1 unspecified atom stereocenters. The molecule has 0 aliphatic heterocycles. The molecular weight excluding hydrogens is 372 g/mol. The summed E-state index contributed by atoms with van der Waals surface area (Å²) in [7, 11) is 1.30. The lowest BCUT2D eigenvalue weighted by Crippen LogP contribution is -2.41. The topological polar surface area (TPSA) is 141 Å². The molecule has 1 aromatic rings. The van der Waals surface area contributed by atoms with Gasteiger partial charge in [0.2, 0.25) is 0 Å². The van der Waals surface area contributed by atoms with Crippen LogP contribution in [0.2, 0.25) is 0 Å². The van der Waals surface area contributed by atoms with Crippen LogP contribution in [0.25, 0.3) is 0 Å². The van der Waals surface area contributed by atoms with Crippen molar-refractivity contribution in [2.45, 2.75) is 26.3 Å². The molecule has 28 heavy (non-hydrogen) atoms. The monoisotopic (exact) mass is 395 g/mol. The highest BCUT2D eigenvalue weighted by atomic mass is 19.3. The molecule has 0 bridgehead atoms. The number of hydrogen-bond donors (Lipinski definition) is 4. The fourth-order valence-electron chi connectivity index (χ4n) is 1.99. The van der Waals surface area contributed by atoms with E-state index in [4.69, 9.17) is 21.3 Å². The van der Waals surface area contributed by atoms with Gasteiger partial charge in [-0.1, -0.05) is 6.07 Å². The third-order valence-corrected chi connectivity index (χ3v) is 3.57. The minimum absolute atomic E-state index is 0.00117. The van der Waals surface area contributed by atoms with Gasteiger partial charge in [-0.15, -0.1) is 0 Å². The number of aromatic nitrogens is 1. The van der Waals surface area contributed by atoms with Gasteiger partial charge < -0.3 is 20.7 Å². The number of alkyl halides is 2.